The first kappa shape index (κ1) is 16.5. The van der Waals surface area contributed by atoms with E-state index in [0.717, 1.165) is 5.56 Å². The van der Waals surface area contributed by atoms with Gasteiger partial charge in [0.1, 0.15) is 5.56 Å². The van der Waals surface area contributed by atoms with E-state index in [2.05, 4.69) is 10.3 Å². The third-order valence-corrected chi connectivity index (χ3v) is 6.39. The lowest BCUT2D eigenvalue weighted by Gasteiger charge is -2.15. The number of aromatic nitrogens is 1. The molecule has 4 rings (SSSR count). The van der Waals surface area contributed by atoms with Crippen molar-refractivity contribution < 1.29 is 18.3 Å². The summed E-state index contributed by atoms with van der Waals surface area (Å²) in [6.45, 7) is 0.427. The summed E-state index contributed by atoms with van der Waals surface area (Å²) < 4.78 is 24.5. The molecule has 0 saturated heterocycles. The number of fused-ring (bicyclic) bond motifs is 3. The molecule has 0 radical (unpaired) electrons. The van der Waals surface area contributed by atoms with Crippen molar-refractivity contribution in [2.75, 3.05) is 11.1 Å². The minimum absolute atomic E-state index is 0.0335. The molecule has 3 aromatic rings. The maximum absolute atomic E-state index is 12.2. The van der Waals surface area contributed by atoms with Crippen molar-refractivity contribution in [1.29, 1.82) is 0 Å². The minimum Gasteiger partial charge on any atom is -0.478 e. The highest BCUT2D eigenvalue weighted by molar-refractivity contribution is 7.91. The number of hydrogen-bond donors (Lipinski definition) is 2. The van der Waals surface area contributed by atoms with Crippen LogP contribution in [0.15, 0.2) is 53.6 Å². The molecule has 7 heteroatoms. The van der Waals surface area contributed by atoms with Crippen LogP contribution in [0.2, 0.25) is 0 Å². The lowest BCUT2D eigenvalue weighted by atomic mass is 10.0. The molecule has 0 unspecified atom stereocenters. The normalized spacial score (nSPS) is 14.9. The Morgan fingerprint density at radius 1 is 1.15 bits per heavy atom. The van der Waals surface area contributed by atoms with Crippen LogP contribution in [0.25, 0.3) is 10.9 Å². The van der Waals surface area contributed by atoms with Gasteiger partial charge in [0.2, 0.25) is 0 Å². The molecular weight excluding hydrogens is 352 g/mol. The van der Waals surface area contributed by atoms with Gasteiger partial charge in [0.15, 0.2) is 9.84 Å². The number of anilines is 1. The minimum atomic E-state index is -3.32. The van der Waals surface area contributed by atoms with Gasteiger partial charge in [0, 0.05) is 18.1 Å². The van der Waals surface area contributed by atoms with E-state index in [0.29, 0.717) is 35.1 Å². The number of nitrogens with one attached hydrogen (secondary N) is 1. The van der Waals surface area contributed by atoms with Gasteiger partial charge in [-0.15, -0.1) is 0 Å². The molecule has 26 heavy (non-hydrogen) atoms. The third-order valence-electron chi connectivity index (χ3n) is 4.60. The standard InChI is InChI=1S/C19H16N2O4S/c22-19(23)14-11-20-15-6-7-16-13(8-9-26(16,24)25)17(15)18(14)21-10-12-4-2-1-3-5-12/h1-7,11H,8-10H2,(H,20,21)(H,22,23). The van der Waals surface area contributed by atoms with Crippen molar-refractivity contribution in [2.45, 2.75) is 17.9 Å². The molecule has 0 spiro atoms. The van der Waals surface area contributed by atoms with Gasteiger partial charge in [-0.3, -0.25) is 4.98 Å². The fourth-order valence-corrected chi connectivity index (χ4v) is 4.90. The molecular formula is C19H16N2O4S. The SMILES string of the molecule is O=C(O)c1cnc2ccc3c(c2c1NCc1ccccc1)CCS3(=O)=O. The Hall–Kier alpha value is -2.93. The van der Waals surface area contributed by atoms with E-state index in [-0.39, 0.29) is 16.2 Å². The first-order valence-corrected chi connectivity index (χ1v) is 9.81. The lowest BCUT2D eigenvalue weighted by molar-refractivity contribution is 0.0697. The van der Waals surface area contributed by atoms with Crippen molar-refractivity contribution in [2.24, 2.45) is 0 Å². The van der Waals surface area contributed by atoms with Crippen LogP contribution in [0.3, 0.4) is 0 Å². The Bertz CT molecular complexity index is 1130. The fraction of sp³-hybridized carbons (Fsp3) is 0.158. The highest BCUT2D eigenvalue weighted by atomic mass is 32.2. The fourth-order valence-electron chi connectivity index (χ4n) is 3.35. The second kappa shape index (κ2) is 6.10. The van der Waals surface area contributed by atoms with E-state index in [1.165, 1.54) is 6.20 Å². The predicted molar refractivity (Wildman–Crippen MR) is 98.2 cm³/mol. The van der Waals surface area contributed by atoms with Crippen LogP contribution in [-0.4, -0.2) is 30.2 Å². The number of aryl methyl sites for hydroxylation is 1. The van der Waals surface area contributed by atoms with Crippen LogP contribution in [0, 0.1) is 0 Å². The van der Waals surface area contributed by atoms with Gasteiger partial charge in [-0.1, -0.05) is 30.3 Å². The van der Waals surface area contributed by atoms with E-state index < -0.39 is 15.8 Å². The van der Waals surface area contributed by atoms with Crippen LogP contribution in [0.5, 0.6) is 0 Å². The zero-order chi connectivity index (χ0) is 18.3. The monoisotopic (exact) mass is 368 g/mol. The van der Waals surface area contributed by atoms with Crippen LogP contribution in [0.4, 0.5) is 5.69 Å². The van der Waals surface area contributed by atoms with E-state index in [1.54, 1.807) is 12.1 Å². The number of benzene rings is 2. The molecule has 1 aliphatic heterocycles. The van der Waals surface area contributed by atoms with E-state index in [4.69, 9.17) is 0 Å². The number of rotatable bonds is 4. The zero-order valence-corrected chi connectivity index (χ0v) is 14.6. The number of sulfone groups is 1. The van der Waals surface area contributed by atoms with E-state index >= 15 is 0 Å². The Labute approximate surface area is 150 Å². The van der Waals surface area contributed by atoms with Crippen LogP contribution >= 0.6 is 0 Å². The number of carbonyl (C=O) groups is 1. The van der Waals surface area contributed by atoms with Gasteiger partial charge in [0.25, 0.3) is 0 Å². The first-order chi connectivity index (χ1) is 12.5. The van der Waals surface area contributed by atoms with Crippen LogP contribution < -0.4 is 5.32 Å². The summed E-state index contributed by atoms with van der Waals surface area (Å²) in [4.78, 5) is 16.2. The number of nitrogens with zero attached hydrogens (tertiary/aromatic N) is 1. The molecule has 2 aromatic carbocycles. The molecule has 2 N–H and O–H groups in total. The molecule has 0 bridgehead atoms. The second-order valence-electron chi connectivity index (χ2n) is 6.20. The Balaban J connectivity index is 1.92. The topological polar surface area (TPSA) is 96.4 Å². The maximum atomic E-state index is 12.2. The van der Waals surface area contributed by atoms with Gasteiger partial charge < -0.3 is 10.4 Å². The largest absolute Gasteiger partial charge is 0.478 e. The zero-order valence-electron chi connectivity index (χ0n) is 13.8. The highest BCUT2D eigenvalue weighted by Gasteiger charge is 2.30. The average molecular weight is 368 g/mol. The Kier molecular flexibility index (Phi) is 3.88. The Morgan fingerprint density at radius 3 is 2.65 bits per heavy atom. The molecule has 0 amide bonds. The van der Waals surface area contributed by atoms with Crippen LogP contribution in [0.1, 0.15) is 21.5 Å². The third kappa shape index (κ3) is 2.70. The van der Waals surface area contributed by atoms with Crippen molar-refractivity contribution in [1.82, 2.24) is 4.98 Å². The first-order valence-electron chi connectivity index (χ1n) is 8.16. The second-order valence-corrected chi connectivity index (χ2v) is 8.27. The van der Waals surface area contributed by atoms with Crippen molar-refractivity contribution in [3.63, 3.8) is 0 Å². The Morgan fingerprint density at radius 2 is 1.92 bits per heavy atom. The summed E-state index contributed by atoms with van der Waals surface area (Å²) in [6, 6.07) is 12.8. The molecule has 0 atom stereocenters. The number of carboxylic acids is 1. The summed E-state index contributed by atoms with van der Waals surface area (Å²) >= 11 is 0. The molecule has 132 valence electrons. The van der Waals surface area contributed by atoms with Gasteiger partial charge in [0.05, 0.1) is 21.9 Å². The van der Waals surface area contributed by atoms with Gasteiger partial charge in [-0.05, 0) is 29.7 Å². The quantitative estimate of drug-likeness (QED) is 0.735. The number of pyridine rings is 1. The van der Waals surface area contributed by atoms with E-state index in [9.17, 15) is 18.3 Å². The van der Waals surface area contributed by atoms with E-state index in [1.807, 2.05) is 30.3 Å². The molecule has 1 aromatic heterocycles. The smallest absolute Gasteiger partial charge is 0.339 e. The number of aromatic carboxylic acids is 1. The van der Waals surface area contributed by atoms with Crippen molar-refractivity contribution in [3.8, 4) is 0 Å². The molecule has 2 heterocycles. The average Bonchev–Trinajstić information content (AvgIpc) is 2.95. The molecule has 0 aliphatic carbocycles. The summed E-state index contributed by atoms with van der Waals surface area (Å²) in [5, 5.41) is 13.4. The summed E-state index contributed by atoms with van der Waals surface area (Å²) in [7, 11) is -3.32. The molecule has 0 saturated carbocycles. The predicted octanol–water partition coefficient (Wildman–Crippen LogP) is 2.87. The van der Waals surface area contributed by atoms with Crippen LogP contribution in [-0.2, 0) is 22.8 Å². The van der Waals surface area contributed by atoms with Crippen molar-refractivity contribution >= 4 is 32.4 Å². The molecule has 6 nitrogen and oxygen atoms in total. The molecule has 1 aliphatic rings. The number of carboxylic acid groups (broad SMARTS) is 1. The summed E-state index contributed by atoms with van der Waals surface area (Å²) in [6.07, 6.45) is 1.67. The van der Waals surface area contributed by atoms with Gasteiger partial charge in [-0.2, -0.15) is 0 Å². The van der Waals surface area contributed by atoms with Gasteiger partial charge >= 0.3 is 5.97 Å². The highest BCUT2D eigenvalue weighted by Crippen LogP contribution is 2.37. The maximum Gasteiger partial charge on any atom is 0.339 e. The lowest BCUT2D eigenvalue weighted by Crippen LogP contribution is -2.09. The summed E-state index contributed by atoms with van der Waals surface area (Å²) in [5.41, 5.74) is 2.68. The number of hydrogen-bond acceptors (Lipinski definition) is 5. The molecule has 0 fully saturated rings. The van der Waals surface area contributed by atoms with Gasteiger partial charge in [-0.25, -0.2) is 13.2 Å². The summed E-state index contributed by atoms with van der Waals surface area (Å²) in [5.74, 6) is -1.06. The van der Waals surface area contributed by atoms with Crippen molar-refractivity contribution in [3.05, 3.63) is 65.4 Å².